The summed E-state index contributed by atoms with van der Waals surface area (Å²) in [7, 11) is 0. The molecule has 0 saturated carbocycles. The number of nitrogens with zero attached hydrogens (tertiary/aromatic N) is 1. The zero-order valence-electron chi connectivity index (χ0n) is 11.9. The van der Waals surface area contributed by atoms with E-state index in [1.165, 1.54) is 30.6 Å². The highest BCUT2D eigenvalue weighted by Gasteiger charge is 2.22. The van der Waals surface area contributed by atoms with Gasteiger partial charge in [-0.3, -0.25) is 0 Å². The third-order valence-corrected chi connectivity index (χ3v) is 3.67. The fourth-order valence-electron chi connectivity index (χ4n) is 2.87. The van der Waals surface area contributed by atoms with Crippen LogP contribution in [-0.2, 0) is 6.42 Å². The normalized spacial score (nSPS) is 20.6. The first kappa shape index (κ1) is 13.4. The molecule has 1 aromatic rings. The molecule has 0 aromatic heterocycles. The summed E-state index contributed by atoms with van der Waals surface area (Å²) in [4.78, 5) is 2.55. The first-order chi connectivity index (χ1) is 8.70. The van der Waals surface area contributed by atoms with Gasteiger partial charge >= 0.3 is 0 Å². The Kier molecular flexibility index (Phi) is 4.65. The Morgan fingerprint density at radius 2 is 2.17 bits per heavy atom. The van der Waals surface area contributed by atoms with Gasteiger partial charge in [-0.25, -0.2) is 0 Å². The molecule has 1 aromatic carbocycles. The van der Waals surface area contributed by atoms with Crippen LogP contribution in [0.2, 0.25) is 0 Å². The summed E-state index contributed by atoms with van der Waals surface area (Å²) in [5.74, 6) is 0.762. The third kappa shape index (κ3) is 3.26. The SMILES string of the molecule is CCCNC(C)CN1CC(C)Cc2ccccc21. The monoisotopic (exact) mass is 246 g/mol. The van der Waals surface area contributed by atoms with Gasteiger partial charge in [-0.2, -0.15) is 0 Å². The molecule has 1 N–H and O–H groups in total. The van der Waals surface area contributed by atoms with Gasteiger partial charge in [0.1, 0.15) is 0 Å². The van der Waals surface area contributed by atoms with Crippen LogP contribution in [0.5, 0.6) is 0 Å². The van der Waals surface area contributed by atoms with Crippen LogP contribution >= 0.6 is 0 Å². The number of hydrogen-bond donors (Lipinski definition) is 1. The van der Waals surface area contributed by atoms with Gasteiger partial charge in [0.05, 0.1) is 0 Å². The van der Waals surface area contributed by atoms with E-state index in [1.807, 2.05) is 0 Å². The van der Waals surface area contributed by atoms with Crippen LogP contribution in [0.4, 0.5) is 5.69 Å². The van der Waals surface area contributed by atoms with Crippen LogP contribution in [-0.4, -0.2) is 25.7 Å². The number of fused-ring (bicyclic) bond motifs is 1. The number of nitrogens with one attached hydrogen (secondary N) is 1. The molecule has 2 atom stereocenters. The fourth-order valence-corrected chi connectivity index (χ4v) is 2.87. The maximum atomic E-state index is 3.58. The molecule has 0 radical (unpaired) electrons. The summed E-state index contributed by atoms with van der Waals surface area (Å²) in [6.07, 6.45) is 2.43. The van der Waals surface area contributed by atoms with Gasteiger partial charge in [0.25, 0.3) is 0 Å². The maximum absolute atomic E-state index is 3.58. The Balaban J connectivity index is 2.04. The van der Waals surface area contributed by atoms with Crippen LogP contribution < -0.4 is 10.2 Å². The Hall–Kier alpha value is -1.02. The predicted octanol–water partition coefficient (Wildman–Crippen LogP) is 3.07. The summed E-state index contributed by atoms with van der Waals surface area (Å²) in [6, 6.07) is 9.43. The molecule has 1 heterocycles. The Morgan fingerprint density at radius 3 is 2.94 bits per heavy atom. The first-order valence-electron chi connectivity index (χ1n) is 7.27. The average Bonchev–Trinajstić information content (AvgIpc) is 2.36. The third-order valence-electron chi connectivity index (χ3n) is 3.67. The lowest BCUT2D eigenvalue weighted by molar-refractivity contribution is 0.482. The van der Waals surface area contributed by atoms with Crippen molar-refractivity contribution >= 4 is 5.69 Å². The van der Waals surface area contributed by atoms with E-state index >= 15 is 0 Å². The average molecular weight is 246 g/mol. The van der Waals surface area contributed by atoms with Crippen LogP contribution in [0.25, 0.3) is 0 Å². The van der Waals surface area contributed by atoms with Crippen molar-refractivity contribution in [1.29, 1.82) is 0 Å². The predicted molar refractivity (Wildman–Crippen MR) is 79.3 cm³/mol. The van der Waals surface area contributed by atoms with E-state index in [0.717, 1.165) is 19.0 Å². The molecular weight excluding hydrogens is 220 g/mol. The Morgan fingerprint density at radius 1 is 1.39 bits per heavy atom. The van der Waals surface area contributed by atoms with E-state index in [2.05, 4.69) is 55.3 Å². The molecule has 1 aliphatic heterocycles. The summed E-state index contributed by atoms with van der Waals surface area (Å²) in [5, 5.41) is 3.58. The van der Waals surface area contributed by atoms with E-state index < -0.39 is 0 Å². The Bertz CT molecular complexity index is 375. The van der Waals surface area contributed by atoms with Crippen molar-refractivity contribution in [3.63, 3.8) is 0 Å². The zero-order valence-corrected chi connectivity index (χ0v) is 11.9. The summed E-state index contributed by atoms with van der Waals surface area (Å²) in [5.41, 5.74) is 2.96. The van der Waals surface area contributed by atoms with Crippen molar-refractivity contribution < 1.29 is 0 Å². The number of rotatable bonds is 5. The smallest absolute Gasteiger partial charge is 0.0399 e. The van der Waals surface area contributed by atoms with Gasteiger partial charge in [-0.15, -0.1) is 0 Å². The van der Waals surface area contributed by atoms with E-state index in [1.54, 1.807) is 0 Å². The van der Waals surface area contributed by atoms with Crippen LogP contribution in [0, 0.1) is 5.92 Å². The molecule has 18 heavy (non-hydrogen) atoms. The highest BCUT2D eigenvalue weighted by Crippen LogP contribution is 2.29. The molecule has 0 amide bonds. The second kappa shape index (κ2) is 6.24. The molecule has 100 valence electrons. The molecular formula is C16H26N2. The van der Waals surface area contributed by atoms with Gasteiger partial charge in [0, 0.05) is 24.8 Å². The van der Waals surface area contributed by atoms with Crippen LogP contribution in [0.1, 0.15) is 32.8 Å². The number of hydrogen-bond acceptors (Lipinski definition) is 2. The lowest BCUT2D eigenvalue weighted by Gasteiger charge is -2.36. The first-order valence-corrected chi connectivity index (χ1v) is 7.27. The molecule has 0 spiro atoms. The highest BCUT2D eigenvalue weighted by atomic mass is 15.2. The minimum absolute atomic E-state index is 0.559. The van der Waals surface area contributed by atoms with Crippen molar-refractivity contribution in [2.45, 2.75) is 39.7 Å². The molecule has 1 aliphatic rings. The van der Waals surface area contributed by atoms with E-state index in [4.69, 9.17) is 0 Å². The minimum atomic E-state index is 0.559. The summed E-state index contributed by atoms with van der Waals surface area (Å²) < 4.78 is 0. The molecule has 2 nitrogen and oxygen atoms in total. The van der Waals surface area contributed by atoms with Crippen molar-refractivity contribution in [3.05, 3.63) is 29.8 Å². The summed E-state index contributed by atoms with van der Waals surface area (Å²) in [6.45, 7) is 10.3. The van der Waals surface area contributed by atoms with E-state index in [9.17, 15) is 0 Å². The van der Waals surface area contributed by atoms with Gasteiger partial charge in [-0.1, -0.05) is 32.0 Å². The molecule has 2 rings (SSSR count). The molecule has 2 heteroatoms. The lowest BCUT2D eigenvalue weighted by Crippen LogP contribution is -2.43. The molecule has 0 aliphatic carbocycles. The number of benzene rings is 1. The van der Waals surface area contributed by atoms with Crippen LogP contribution in [0.3, 0.4) is 0 Å². The number of para-hydroxylation sites is 1. The molecule has 2 unspecified atom stereocenters. The highest BCUT2D eigenvalue weighted by molar-refractivity contribution is 5.55. The second-order valence-electron chi connectivity index (χ2n) is 5.70. The topological polar surface area (TPSA) is 15.3 Å². The number of anilines is 1. The quantitative estimate of drug-likeness (QED) is 0.859. The van der Waals surface area contributed by atoms with Crippen molar-refractivity contribution in [2.24, 2.45) is 5.92 Å². The van der Waals surface area contributed by atoms with E-state index in [0.29, 0.717) is 6.04 Å². The van der Waals surface area contributed by atoms with Gasteiger partial charge in [0.15, 0.2) is 0 Å². The van der Waals surface area contributed by atoms with Gasteiger partial charge in [-0.05, 0) is 43.9 Å². The van der Waals surface area contributed by atoms with Gasteiger partial charge < -0.3 is 10.2 Å². The van der Waals surface area contributed by atoms with Crippen molar-refractivity contribution in [1.82, 2.24) is 5.32 Å². The minimum Gasteiger partial charge on any atom is -0.369 e. The van der Waals surface area contributed by atoms with Crippen molar-refractivity contribution in [2.75, 3.05) is 24.5 Å². The zero-order chi connectivity index (χ0) is 13.0. The summed E-state index contributed by atoms with van der Waals surface area (Å²) >= 11 is 0. The maximum Gasteiger partial charge on any atom is 0.0399 e. The molecule has 0 bridgehead atoms. The van der Waals surface area contributed by atoms with E-state index in [-0.39, 0.29) is 0 Å². The molecule has 0 saturated heterocycles. The van der Waals surface area contributed by atoms with Crippen LogP contribution in [0.15, 0.2) is 24.3 Å². The van der Waals surface area contributed by atoms with Crippen molar-refractivity contribution in [3.8, 4) is 0 Å². The largest absolute Gasteiger partial charge is 0.369 e. The van der Waals surface area contributed by atoms with Gasteiger partial charge in [0.2, 0.25) is 0 Å². The second-order valence-corrected chi connectivity index (χ2v) is 5.70. The molecule has 0 fully saturated rings. The lowest BCUT2D eigenvalue weighted by atomic mass is 9.93. The Labute approximate surface area is 111 Å². The standard InChI is InChI=1S/C16H26N2/c1-4-9-17-14(3)12-18-11-13(2)10-15-7-5-6-8-16(15)18/h5-8,13-14,17H,4,9-12H2,1-3H3. The fraction of sp³-hybridized carbons (Fsp3) is 0.625.